The molecule has 2 rings (SSSR count). The second-order valence-electron chi connectivity index (χ2n) is 4.73. The zero-order chi connectivity index (χ0) is 14.0. The molecule has 1 atom stereocenters. The van der Waals surface area contributed by atoms with Gasteiger partial charge in [0, 0.05) is 25.9 Å². The lowest BCUT2D eigenvalue weighted by molar-refractivity contribution is 0.552. The average molecular weight is 282 g/mol. The predicted octanol–water partition coefficient (Wildman–Crippen LogP) is 2.20. The molecule has 2 aromatic heterocycles. The summed E-state index contributed by atoms with van der Waals surface area (Å²) >= 11 is 6.28. The van der Waals surface area contributed by atoms with Crippen molar-refractivity contribution in [3.63, 3.8) is 0 Å². The van der Waals surface area contributed by atoms with Gasteiger partial charge in [-0.1, -0.05) is 18.5 Å². The maximum atomic E-state index is 6.28. The van der Waals surface area contributed by atoms with Crippen LogP contribution in [-0.4, -0.2) is 26.1 Å². The van der Waals surface area contributed by atoms with Gasteiger partial charge in [0.2, 0.25) is 0 Å². The Bertz CT molecular complexity index is 538. The zero-order valence-corrected chi connectivity index (χ0v) is 12.6. The van der Waals surface area contributed by atoms with Crippen molar-refractivity contribution in [1.29, 1.82) is 0 Å². The molecule has 0 saturated heterocycles. The molecular formula is C13H20ClN5. The molecule has 0 bridgehead atoms. The molecular weight excluding hydrogens is 262 g/mol. The molecule has 0 aliphatic rings. The molecule has 0 fully saturated rings. The van der Waals surface area contributed by atoms with E-state index in [1.807, 2.05) is 36.6 Å². The van der Waals surface area contributed by atoms with Crippen molar-refractivity contribution < 1.29 is 0 Å². The molecule has 0 spiro atoms. The third-order valence-electron chi connectivity index (χ3n) is 3.17. The normalized spacial score (nSPS) is 12.9. The summed E-state index contributed by atoms with van der Waals surface area (Å²) in [6.07, 6.45) is 4.78. The van der Waals surface area contributed by atoms with Gasteiger partial charge in [0.25, 0.3) is 0 Å². The van der Waals surface area contributed by atoms with Crippen molar-refractivity contribution in [2.75, 3.05) is 6.54 Å². The fourth-order valence-corrected chi connectivity index (χ4v) is 2.56. The van der Waals surface area contributed by atoms with Crippen LogP contribution in [0.3, 0.4) is 0 Å². The Balaban J connectivity index is 2.44. The van der Waals surface area contributed by atoms with E-state index in [-0.39, 0.29) is 6.04 Å². The molecule has 0 aliphatic heterocycles. The second kappa shape index (κ2) is 5.75. The molecule has 1 unspecified atom stereocenters. The van der Waals surface area contributed by atoms with E-state index in [1.54, 1.807) is 6.20 Å². The fourth-order valence-electron chi connectivity index (χ4n) is 2.29. The molecule has 19 heavy (non-hydrogen) atoms. The van der Waals surface area contributed by atoms with Crippen molar-refractivity contribution >= 4 is 11.6 Å². The van der Waals surface area contributed by atoms with Crippen molar-refractivity contribution in [2.24, 2.45) is 14.1 Å². The van der Waals surface area contributed by atoms with Crippen LogP contribution < -0.4 is 5.32 Å². The average Bonchev–Trinajstić information content (AvgIpc) is 2.85. The van der Waals surface area contributed by atoms with Gasteiger partial charge in [-0.25, -0.2) is 0 Å². The number of aryl methyl sites for hydroxylation is 3. The molecule has 1 N–H and O–H groups in total. The molecule has 6 heteroatoms. The maximum Gasteiger partial charge on any atom is 0.0837 e. The molecule has 0 aliphatic carbocycles. The van der Waals surface area contributed by atoms with Gasteiger partial charge >= 0.3 is 0 Å². The number of rotatable bonds is 5. The lowest BCUT2D eigenvalue weighted by atomic mass is 10.0. The number of hydrogen-bond donors (Lipinski definition) is 1. The number of nitrogens with one attached hydrogen (secondary N) is 1. The summed E-state index contributed by atoms with van der Waals surface area (Å²) in [5, 5.41) is 12.8. The molecule has 0 amide bonds. The maximum absolute atomic E-state index is 6.28. The largest absolute Gasteiger partial charge is 0.305 e. The van der Waals surface area contributed by atoms with Crippen LogP contribution in [0.25, 0.3) is 0 Å². The van der Waals surface area contributed by atoms with Crippen LogP contribution in [0, 0.1) is 6.92 Å². The van der Waals surface area contributed by atoms with Crippen LogP contribution in [0.1, 0.15) is 36.3 Å². The van der Waals surface area contributed by atoms with Crippen molar-refractivity contribution in [3.05, 3.63) is 34.4 Å². The number of halogens is 1. The van der Waals surface area contributed by atoms with E-state index < -0.39 is 0 Å². The Kier molecular flexibility index (Phi) is 4.27. The highest BCUT2D eigenvalue weighted by molar-refractivity contribution is 6.31. The lowest BCUT2D eigenvalue weighted by Crippen LogP contribution is -2.26. The van der Waals surface area contributed by atoms with Crippen molar-refractivity contribution in [3.8, 4) is 0 Å². The minimum absolute atomic E-state index is 0.0219. The summed E-state index contributed by atoms with van der Waals surface area (Å²) in [5.41, 5.74) is 3.13. The SMILES string of the molecule is CCCNC(c1cn(C)nc1C)c1c(Cl)cnn1C. The van der Waals surface area contributed by atoms with Crippen LogP contribution in [0.2, 0.25) is 5.02 Å². The number of nitrogens with zero attached hydrogens (tertiary/aromatic N) is 4. The summed E-state index contributed by atoms with van der Waals surface area (Å²) in [4.78, 5) is 0. The first-order chi connectivity index (χ1) is 9.04. The predicted molar refractivity (Wildman–Crippen MR) is 76.3 cm³/mol. The quantitative estimate of drug-likeness (QED) is 0.914. The van der Waals surface area contributed by atoms with E-state index in [2.05, 4.69) is 22.4 Å². The summed E-state index contributed by atoms with van der Waals surface area (Å²) in [6.45, 7) is 5.08. The number of hydrogen-bond acceptors (Lipinski definition) is 3. The summed E-state index contributed by atoms with van der Waals surface area (Å²) in [5.74, 6) is 0. The van der Waals surface area contributed by atoms with Gasteiger partial charge in [0.05, 0.1) is 28.6 Å². The van der Waals surface area contributed by atoms with Gasteiger partial charge in [0.1, 0.15) is 0 Å². The van der Waals surface area contributed by atoms with Crippen LogP contribution in [0.5, 0.6) is 0 Å². The Morgan fingerprint density at radius 1 is 1.42 bits per heavy atom. The van der Waals surface area contributed by atoms with Crippen molar-refractivity contribution in [1.82, 2.24) is 24.9 Å². The first-order valence-electron chi connectivity index (χ1n) is 6.45. The Morgan fingerprint density at radius 3 is 2.63 bits per heavy atom. The Morgan fingerprint density at radius 2 is 2.16 bits per heavy atom. The first kappa shape index (κ1) is 14.1. The third kappa shape index (κ3) is 2.82. The monoisotopic (exact) mass is 281 g/mol. The molecule has 104 valence electrons. The molecule has 0 radical (unpaired) electrons. The summed E-state index contributed by atoms with van der Waals surface area (Å²) in [6, 6.07) is 0.0219. The summed E-state index contributed by atoms with van der Waals surface area (Å²) < 4.78 is 3.65. The lowest BCUT2D eigenvalue weighted by Gasteiger charge is -2.19. The van der Waals surface area contributed by atoms with Gasteiger partial charge in [-0.05, 0) is 19.9 Å². The van der Waals surface area contributed by atoms with Gasteiger partial charge < -0.3 is 5.32 Å². The van der Waals surface area contributed by atoms with Crippen LogP contribution in [0.4, 0.5) is 0 Å². The molecule has 0 saturated carbocycles. The minimum atomic E-state index is 0.0219. The van der Waals surface area contributed by atoms with Crippen LogP contribution in [-0.2, 0) is 14.1 Å². The number of aromatic nitrogens is 4. The van der Waals surface area contributed by atoms with Gasteiger partial charge in [-0.2, -0.15) is 10.2 Å². The molecule has 2 heterocycles. The smallest absolute Gasteiger partial charge is 0.0837 e. The zero-order valence-electron chi connectivity index (χ0n) is 11.8. The van der Waals surface area contributed by atoms with Crippen LogP contribution in [0.15, 0.2) is 12.4 Å². The minimum Gasteiger partial charge on any atom is -0.305 e. The third-order valence-corrected chi connectivity index (χ3v) is 3.46. The fraction of sp³-hybridized carbons (Fsp3) is 0.538. The van der Waals surface area contributed by atoms with Crippen LogP contribution >= 0.6 is 11.6 Å². The standard InChI is InChI=1S/C13H20ClN5/c1-5-6-15-12(10-8-18(3)17-9(10)2)13-11(14)7-16-19(13)4/h7-8,12,15H,5-6H2,1-4H3. The second-order valence-corrected chi connectivity index (χ2v) is 5.14. The van der Waals surface area contributed by atoms with E-state index in [4.69, 9.17) is 11.6 Å². The molecule has 0 aromatic carbocycles. The van der Waals surface area contributed by atoms with E-state index in [0.29, 0.717) is 5.02 Å². The van der Waals surface area contributed by atoms with E-state index in [9.17, 15) is 0 Å². The molecule has 2 aromatic rings. The van der Waals surface area contributed by atoms with Gasteiger partial charge in [-0.15, -0.1) is 0 Å². The van der Waals surface area contributed by atoms with Gasteiger partial charge in [-0.3, -0.25) is 9.36 Å². The highest BCUT2D eigenvalue weighted by atomic mass is 35.5. The first-order valence-corrected chi connectivity index (χ1v) is 6.83. The topological polar surface area (TPSA) is 47.7 Å². The van der Waals surface area contributed by atoms with E-state index >= 15 is 0 Å². The Hall–Kier alpha value is -1.33. The molecule has 5 nitrogen and oxygen atoms in total. The highest BCUT2D eigenvalue weighted by Gasteiger charge is 2.23. The van der Waals surface area contributed by atoms with Gasteiger partial charge in [0.15, 0.2) is 0 Å². The van der Waals surface area contributed by atoms with E-state index in [0.717, 1.165) is 29.9 Å². The summed E-state index contributed by atoms with van der Waals surface area (Å²) in [7, 11) is 3.84. The van der Waals surface area contributed by atoms with E-state index in [1.165, 1.54) is 0 Å². The Labute approximate surface area is 118 Å². The van der Waals surface area contributed by atoms with Crippen molar-refractivity contribution in [2.45, 2.75) is 26.3 Å². The highest BCUT2D eigenvalue weighted by Crippen LogP contribution is 2.29.